The first-order valence-electron chi connectivity index (χ1n) is 12.2. The summed E-state index contributed by atoms with van der Waals surface area (Å²) in [4.78, 5) is 25.5. The Hall–Kier alpha value is -3.10. The summed E-state index contributed by atoms with van der Waals surface area (Å²) in [6.45, 7) is 8.42. The molecule has 1 saturated heterocycles. The highest BCUT2D eigenvalue weighted by atomic mass is 16.4. The monoisotopic (exact) mass is 485 g/mol. The van der Waals surface area contributed by atoms with Gasteiger partial charge in [0.1, 0.15) is 6.04 Å². The number of amides is 1. The molecule has 1 heterocycles. The van der Waals surface area contributed by atoms with Crippen LogP contribution in [-0.4, -0.2) is 57.3 Å². The van der Waals surface area contributed by atoms with Crippen molar-refractivity contribution in [1.29, 1.82) is 0 Å². The molecule has 2 atom stereocenters. The van der Waals surface area contributed by atoms with E-state index >= 15 is 0 Å². The second-order valence-corrected chi connectivity index (χ2v) is 9.13. The lowest BCUT2D eigenvalue weighted by atomic mass is 10.00. The molecular weight excluding hydrogens is 446 g/mol. The maximum atomic E-state index is 12.7. The number of nitrogens with zero attached hydrogens (tertiary/aromatic N) is 1. The Morgan fingerprint density at radius 1 is 1.11 bits per heavy atom. The predicted molar refractivity (Wildman–Crippen MR) is 138 cm³/mol. The lowest BCUT2D eigenvalue weighted by molar-refractivity contribution is -0.138. The molecule has 0 aliphatic carbocycles. The van der Waals surface area contributed by atoms with E-state index in [4.69, 9.17) is 21.1 Å². The number of piperidine rings is 1. The van der Waals surface area contributed by atoms with Crippen molar-refractivity contribution in [3.05, 3.63) is 53.1 Å². The molecule has 2 aromatic rings. The first-order chi connectivity index (χ1) is 16.6. The summed E-state index contributed by atoms with van der Waals surface area (Å²) < 4.78 is 0. The number of phenolic OH excluding ortho intramolecular Hbond substituents is 2. The van der Waals surface area contributed by atoms with Crippen LogP contribution in [0.15, 0.2) is 36.4 Å². The van der Waals surface area contributed by atoms with E-state index in [0.717, 1.165) is 42.7 Å². The summed E-state index contributed by atoms with van der Waals surface area (Å²) in [5, 5.41) is 29.8. The number of nitrogens with one attached hydrogen (secondary N) is 1. The number of unbranched alkanes of at least 4 members (excludes halogenated alkanes) is 1. The van der Waals surface area contributed by atoms with E-state index in [2.05, 4.69) is 43.1 Å². The van der Waals surface area contributed by atoms with Crippen LogP contribution in [0.3, 0.4) is 0 Å². The smallest absolute Gasteiger partial charge is 0.320 e. The number of hydrogen-bond donors (Lipinski definition) is 5. The van der Waals surface area contributed by atoms with Gasteiger partial charge in [-0.2, -0.15) is 0 Å². The number of anilines is 1. The molecule has 0 spiro atoms. The Labute approximate surface area is 207 Å². The zero-order valence-corrected chi connectivity index (χ0v) is 21.0. The molecule has 6 N–H and O–H groups in total. The van der Waals surface area contributed by atoms with Crippen molar-refractivity contribution in [3.8, 4) is 11.5 Å². The van der Waals surface area contributed by atoms with Crippen LogP contribution in [0.2, 0.25) is 0 Å². The molecule has 0 aromatic heterocycles. The average Bonchev–Trinajstić information content (AvgIpc) is 2.83. The van der Waals surface area contributed by atoms with Crippen LogP contribution in [0.1, 0.15) is 55.7 Å². The van der Waals surface area contributed by atoms with Gasteiger partial charge in [0.05, 0.1) is 6.04 Å². The molecule has 8 heteroatoms. The minimum absolute atomic E-state index is 0.0457. The number of benzene rings is 2. The number of carboxylic acid groups (broad SMARTS) is 1. The molecule has 1 amide bonds. The highest BCUT2D eigenvalue weighted by Gasteiger charge is 2.28. The molecule has 8 nitrogen and oxygen atoms in total. The van der Waals surface area contributed by atoms with Gasteiger partial charge in [-0.1, -0.05) is 44.0 Å². The van der Waals surface area contributed by atoms with E-state index < -0.39 is 12.0 Å². The predicted octanol–water partition coefficient (Wildman–Crippen LogP) is 3.95. The number of aryl methyl sites for hydroxylation is 2. The Balaban J connectivity index is 0.000000269. The number of carbonyl (C=O) groups is 2. The topological polar surface area (TPSA) is 136 Å². The number of rotatable bonds is 8. The lowest BCUT2D eigenvalue weighted by Crippen LogP contribution is -2.47. The number of hydrogen-bond acceptors (Lipinski definition) is 6. The highest BCUT2D eigenvalue weighted by Crippen LogP contribution is 2.25. The van der Waals surface area contributed by atoms with Crippen LogP contribution in [0.4, 0.5) is 5.69 Å². The fourth-order valence-electron chi connectivity index (χ4n) is 4.17. The third-order valence-electron chi connectivity index (χ3n) is 6.26. The first-order valence-corrected chi connectivity index (χ1v) is 12.2. The number of para-hydroxylation sites is 1. The molecule has 1 aliphatic rings. The summed E-state index contributed by atoms with van der Waals surface area (Å²) in [5.41, 5.74) is 9.12. The number of nitrogens with two attached hydrogens (primary N) is 1. The molecule has 1 aliphatic heterocycles. The van der Waals surface area contributed by atoms with Crippen LogP contribution in [0, 0.1) is 13.8 Å². The maximum Gasteiger partial charge on any atom is 0.320 e. The second kappa shape index (κ2) is 13.7. The van der Waals surface area contributed by atoms with Crippen LogP contribution in [-0.2, 0) is 16.0 Å². The summed E-state index contributed by atoms with van der Waals surface area (Å²) in [7, 11) is 0. The zero-order valence-electron chi connectivity index (χ0n) is 21.0. The van der Waals surface area contributed by atoms with Gasteiger partial charge in [0.2, 0.25) is 5.91 Å². The number of aliphatic carboxylic acids is 1. The van der Waals surface area contributed by atoms with Crippen molar-refractivity contribution in [2.24, 2.45) is 5.73 Å². The summed E-state index contributed by atoms with van der Waals surface area (Å²) in [5.74, 6) is -1.45. The Kier molecular flexibility index (Phi) is 11.0. The quantitative estimate of drug-likeness (QED) is 0.357. The normalized spacial score (nSPS) is 16.6. The molecule has 0 radical (unpaired) electrons. The van der Waals surface area contributed by atoms with Crippen molar-refractivity contribution in [2.45, 2.75) is 71.4 Å². The third-order valence-corrected chi connectivity index (χ3v) is 6.26. The van der Waals surface area contributed by atoms with E-state index in [-0.39, 0.29) is 29.9 Å². The zero-order chi connectivity index (χ0) is 26.0. The SMILES string of the molecule is CCCCN1CCCCC1C(=O)Nc1c(C)cccc1C.N[C@@H](Cc1ccc(O)c(O)c1)C(=O)O. The van der Waals surface area contributed by atoms with E-state index in [9.17, 15) is 9.59 Å². The molecule has 2 aromatic carbocycles. The molecule has 35 heavy (non-hydrogen) atoms. The average molecular weight is 486 g/mol. The van der Waals surface area contributed by atoms with Gasteiger partial charge < -0.3 is 26.4 Å². The highest BCUT2D eigenvalue weighted by molar-refractivity contribution is 5.96. The minimum Gasteiger partial charge on any atom is -0.504 e. The molecule has 192 valence electrons. The van der Waals surface area contributed by atoms with Crippen molar-refractivity contribution in [2.75, 3.05) is 18.4 Å². The van der Waals surface area contributed by atoms with Crippen LogP contribution >= 0.6 is 0 Å². The maximum absolute atomic E-state index is 12.7. The van der Waals surface area contributed by atoms with Crippen molar-refractivity contribution in [1.82, 2.24) is 4.90 Å². The fourth-order valence-corrected chi connectivity index (χ4v) is 4.17. The van der Waals surface area contributed by atoms with Crippen LogP contribution < -0.4 is 11.1 Å². The minimum atomic E-state index is -1.10. The lowest BCUT2D eigenvalue weighted by Gasteiger charge is -2.34. The van der Waals surface area contributed by atoms with E-state index in [1.165, 1.54) is 37.5 Å². The van der Waals surface area contributed by atoms with E-state index in [1.54, 1.807) is 0 Å². The standard InChI is InChI=1S/C18H28N2O.C9H11NO4/c1-4-5-12-20-13-7-6-11-16(20)18(21)19-17-14(2)9-8-10-15(17)3;10-6(9(13)14)3-5-1-2-7(11)8(12)4-5/h8-10,16H,4-7,11-13H2,1-3H3,(H,19,21);1-2,4,6,11-12H,3,10H2,(H,13,14)/t;6-/m.0/s1. The first kappa shape index (κ1) is 28.1. The molecule has 1 fully saturated rings. The second-order valence-electron chi connectivity index (χ2n) is 9.13. The molecule has 0 bridgehead atoms. The Bertz CT molecular complexity index is 975. The number of carbonyl (C=O) groups excluding carboxylic acids is 1. The van der Waals surface area contributed by atoms with E-state index in [1.807, 2.05) is 6.07 Å². The summed E-state index contributed by atoms with van der Waals surface area (Å²) >= 11 is 0. The molecular formula is C27H39N3O5. The number of carboxylic acids is 1. The van der Waals surface area contributed by atoms with Crippen LogP contribution in [0.25, 0.3) is 0 Å². The van der Waals surface area contributed by atoms with Crippen molar-refractivity contribution >= 4 is 17.6 Å². The van der Waals surface area contributed by atoms with Gasteiger partial charge in [-0.15, -0.1) is 0 Å². The van der Waals surface area contributed by atoms with Gasteiger partial charge in [0, 0.05) is 5.69 Å². The van der Waals surface area contributed by atoms with Gasteiger partial charge in [-0.25, -0.2) is 0 Å². The largest absolute Gasteiger partial charge is 0.504 e. The van der Waals surface area contributed by atoms with Gasteiger partial charge in [0.15, 0.2) is 11.5 Å². The van der Waals surface area contributed by atoms with Crippen molar-refractivity contribution < 1.29 is 24.9 Å². The molecule has 3 rings (SSSR count). The van der Waals surface area contributed by atoms with Gasteiger partial charge in [-0.05, 0) is 81.4 Å². The molecule has 1 unspecified atom stereocenters. The number of likely N-dealkylation sites (tertiary alicyclic amines) is 1. The van der Waals surface area contributed by atoms with Gasteiger partial charge in [-0.3, -0.25) is 14.5 Å². The third kappa shape index (κ3) is 8.56. The Morgan fingerprint density at radius 3 is 2.40 bits per heavy atom. The van der Waals surface area contributed by atoms with Gasteiger partial charge >= 0.3 is 5.97 Å². The Morgan fingerprint density at radius 2 is 1.80 bits per heavy atom. The van der Waals surface area contributed by atoms with Gasteiger partial charge in [0.25, 0.3) is 0 Å². The number of phenols is 2. The van der Waals surface area contributed by atoms with Crippen LogP contribution in [0.5, 0.6) is 11.5 Å². The summed E-state index contributed by atoms with van der Waals surface area (Å²) in [6.07, 6.45) is 5.84. The fraction of sp³-hybridized carbons (Fsp3) is 0.481. The molecule has 0 saturated carbocycles. The summed E-state index contributed by atoms with van der Waals surface area (Å²) in [6, 6.07) is 9.28. The van der Waals surface area contributed by atoms with Crippen molar-refractivity contribution in [3.63, 3.8) is 0 Å². The number of aromatic hydroxyl groups is 2. The van der Waals surface area contributed by atoms with E-state index in [0.29, 0.717) is 5.56 Å².